The SMILES string of the molecule is CCN(Cc1ccc2c(c1)OCCO2)C(=O)COC(=O)c1n[nH]c2ccccc12. The van der Waals surface area contributed by atoms with Crippen LogP contribution in [0.25, 0.3) is 10.9 Å². The van der Waals surface area contributed by atoms with Crippen molar-refractivity contribution in [3.63, 3.8) is 0 Å². The summed E-state index contributed by atoms with van der Waals surface area (Å²) in [7, 11) is 0. The molecule has 29 heavy (non-hydrogen) atoms. The average Bonchev–Trinajstić information content (AvgIpc) is 3.19. The second-order valence-electron chi connectivity index (χ2n) is 6.58. The molecule has 1 amide bonds. The number of para-hydroxylation sites is 1. The standard InChI is InChI=1S/C21H21N3O5/c1-2-24(12-14-7-8-17-18(11-14)28-10-9-27-17)19(25)13-29-21(26)20-15-5-3-4-6-16(15)22-23-20/h3-8,11H,2,9-10,12-13H2,1H3,(H,22,23). The number of likely N-dealkylation sites (N-methyl/N-ethyl adjacent to an activating group) is 1. The van der Waals surface area contributed by atoms with Gasteiger partial charge in [0.25, 0.3) is 5.91 Å². The van der Waals surface area contributed by atoms with Crippen molar-refractivity contribution in [1.29, 1.82) is 0 Å². The van der Waals surface area contributed by atoms with E-state index in [-0.39, 0.29) is 18.2 Å². The van der Waals surface area contributed by atoms with Crippen molar-refractivity contribution in [3.05, 3.63) is 53.7 Å². The van der Waals surface area contributed by atoms with E-state index in [1.807, 2.05) is 43.3 Å². The molecule has 0 bridgehead atoms. The van der Waals surface area contributed by atoms with Crippen LogP contribution in [-0.2, 0) is 16.1 Å². The largest absolute Gasteiger partial charge is 0.486 e. The molecule has 0 aliphatic carbocycles. The fraction of sp³-hybridized carbons (Fsp3) is 0.286. The lowest BCUT2D eigenvalue weighted by Gasteiger charge is -2.23. The number of benzene rings is 2. The zero-order valence-electron chi connectivity index (χ0n) is 16.0. The predicted octanol–water partition coefficient (Wildman–Crippen LogP) is 2.54. The molecule has 0 saturated heterocycles. The van der Waals surface area contributed by atoms with Gasteiger partial charge in [0.05, 0.1) is 5.52 Å². The number of hydrogen-bond acceptors (Lipinski definition) is 6. The minimum absolute atomic E-state index is 0.170. The molecule has 8 nitrogen and oxygen atoms in total. The molecule has 1 N–H and O–H groups in total. The Bertz CT molecular complexity index is 1050. The lowest BCUT2D eigenvalue weighted by atomic mass is 10.1. The molecule has 1 aromatic heterocycles. The van der Waals surface area contributed by atoms with Crippen molar-refractivity contribution < 1.29 is 23.8 Å². The van der Waals surface area contributed by atoms with E-state index in [2.05, 4.69) is 10.2 Å². The minimum Gasteiger partial charge on any atom is -0.486 e. The summed E-state index contributed by atoms with van der Waals surface area (Å²) in [5.41, 5.74) is 1.82. The summed E-state index contributed by atoms with van der Waals surface area (Å²) in [6, 6.07) is 12.8. The van der Waals surface area contributed by atoms with E-state index in [1.54, 1.807) is 11.0 Å². The number of aromatic nitrogens is 2. The highest BCUT2D eigenvalue weighted by Gasteiger charge is 2.20. The summed E-state index contributed by atoms with van der Waals surface area (Å²) in [5, 5.41) is 7.44. The predicted molar refractivity (Wildman–Crippen MR) is 105 cm³/mol. The highest BCUT2D eigenvalue weighted by atomic mass is 16.6. The third kappa shape index (κ3) is 4.01. The van der Waals surface area contributed by atoms with Crippen molar-refractivity contribution >= 4 is 22.8 Å². The molecule has 2 aromatic carbocycles. The Morgan fingerprint density at radius 1 is 1.14 bits per heavy atom. The van der Waals surface area contributed by atoms with Crippen LogP contribution < -0.4 is 9.47 Å². The highest BCUT2D eigenvalue weighted by molar-refractivity contribution is 6.02. The number of carbonyl (C=O) groups is 2. The van der Waals surface area contributed by atoms with Crippen molar-refractivity contribution in [1.82, 2.24) is 15.1 Å². The first-order valence-electron chi connectivity index (χ1n) is 9.42. The molecular weight excluding hydrogens is 374 g/mol. The summed E-state index contributed by atoms with van der Waals surface area (Å²) in [6.07, 6.45) is 0. The van der Waals surface area contributed by atoms with Gasteiger partial charge in [-0.15, -0.1) is 0 Å². The molecule has 0 radical (unpaired) electrons. The summed E-state index contributed by atoms with van der Waals surface area (Å²) >= 11 is 0. The fourth-order valence-electron chi connectivity index (χ4n) is 3.19. The number of fused-ring (bicyclic) bond motifs is 2. The van der Waals surface area contributed by atoms with Crippen LogP contribution in [0.3, 0.4) is 0 Å². The van der Waals surface area contributed by atoms with E-state index < -0.39 is 5.97 Å². The first kappa shape index (κ1) is 18.8. The Balaban J connectivity index is 1.38. The zero-order chi connectivity index (χ0) is 20.2. The van der Waals surface area contributed by atoms with E-state index >= 15 is 0 Å². The van der Waals surface area contributed by atoms with Crippen molar-refractivity contribution in [2.24, 2.45) is 0 Å². The van der Waals surface area contributed by atoms with Gasteiger partial charge in [0, 0.05) is 18.5 Å². The van der Waals surface area contributed by atoms with Crippen molar-refractivity contribution in [3.8, 4) is 11.5 Å². The first-order valence-corrected chi connectivity index (χ1v) is 9.42. The number of nitrogens with zero attached hydrogens (tertiary/aromatic N) is 2. The number of rotatable bonds is 6. The highest BCUT2D eigenvalue weighted by Crippen LogP contribution is 2.31. The molecule has 2 heterocycles. The van der Waals surface area contributed by atoms with Crippen LogP contribution in [-0.4, -0.2) is 53.3 Å². The van der Waals surface area contributed by atoms with Gasteiger partial charge >= 0.3 is 5.97 Å². The first-order chi connectivity index (χ1) is 14.2. The Kier molecular flexibility index (Phi) is 5.33. The summed E-state index contributed by atoms with van der Waals surface area (Å²) in [4.78, 5) is 26.5. The van der Waals surface area contributed by atoms with Crippen LogP contribution in [0.5, 0.6) is 11.5 Å². The average molecular weight is 395 g/mol. The molecule has 1 aliphatic heterocycles. The molecule has 3 aromatic rings. The zero-order valence-corrected chi connectivity index (χ0v) is 16.0. The summed E-state index contributed by atoms with van der Waals surface area (Å²) in [5.74, 6) is 0.463. The van der Waals surface area contributed by atoms with Crippen LogP contribution in [0, 0.1) is 0 Å². The number of nitrogens with one attached hydrogen (secondary N) is 1. The minimum atomic E-state index is -0.633. The van der Waals surface area contributed by atoms with Gasteiger partial charge in [-0.25, -0.2) is 4.79 Å². The number of amides is 1. The second kappa shape index (κ2) is 8.22. The van der Waals surface area contributed by atoms with Gasteiger partial charge in [0.2, 0.25) is 0 Å². The lowest BCUT2D eigenvalue weighted by molar-refractivity contribution is -0.134. The molecule has 8 heteroatoms. The van der Waals surface area contributed by atoms with Gasteiger partial charge < -0.3 is 19.1 Å². The van der Waals surface area contributed by atoms with Crippen molar-refractivity contribution in [2.75, 3.05) is 26.4 Å². The molecule has 0 saturated carbocycles. The number of aromatic amines is 1. The Hall–Kier alpha value is -3.55. The molecular formula is C21H21N3O5. The molecule has 0 spiro atoms. The third-order valence-corrected chi connectivity index (χ3v) is 4.70. The molecule has 4 rings (SSSR count). The third-order valence-electron chi connectivity index (χ3n) is 4.70. The van der Waals surface area contributed by atoms with E-state index in [4.69, 9.17) is 14.2 Å². The number of esters is 1. The normalized spacial score (nSPS) is 12.6. The van der Waals surface area contributed by atoms with E-state index in [1.165, 1.54) is 0 Å². The topological polar surface area (TPSA) is 93.8 Å². The van der Waals surface area contributed by atoms with Crippen LogP contribution in [0.1, 0.15) is 23.0 Å². The Morgan fingerprint density at radius 3 is 2.76 bits per heavy atom. The van der Waals surface area contributed by atoms with Crippen LogP contribution in [0.15, 0.2) is 42.5 Å². The van der Waals surface area contributed by atoms with E-state index in [0.29, 0.717) is 43.2 Å². The van der Waals surface area contributed by atoms with Gasteiger partial charge in [-0.1, -0.05) is 24.3 Å². The van der Waals surface area contributed by atoms with Gasteiger partial charge in [-0.05, 0) is 30.7 Å². The number of carbonyl (C=O) groups excluding carboxylic acids is 2. The molecule has 150 valence electrons. The fourth-order valence-corrected chi connectivity index (χ4v) is 3.19. The Labute approximate surface area is 167 Å². The van der Waals surface area contributed by atoms with Crippen LogP contribution >= 0.6 is 0 Å². The number of ether oxygens (including phenoxy) is 3. The smallest absolute Gasteiger partial charge is 0.359 e. The summed E-state index contributed by atoms with van der Waals surface area (Å²) < 4.78 is 16.3. The van der Waals surface area contributed by atoms with Crippen LogP contribution in [0.4, 0.5) is 0 Å². The maximum Gasteiger partial charge on any atom is 0.359 e. The molecule has 0 unspecified atom stereocenters. The van der Waals surface area contributed by atoms with Gasteiger partial charge in [-0.2, -0.15) is 5.10 Å². The lowest BCUT2D eigenvalue weighted by Crippen LogP contribution is -2.34. The van der Waals surface area contributed by atoms with E-state index in [9.17, 15) is 9.59 Å². The number of H-pyrrole nitrogens is 1. The second-order valence-corrected chi connectivity index (χ2v) is 6.58. The van der Waals surface area contributed by atoms with Gasteiger partial charge in [-0.3, -0.25) is 9.89 Å². The van der Waals surface area contributed by atoms with Gasteiger partial charge in [0.15, 0.2) is 23.8 Å². The van der Waals surface area contributed by atoms with E-state index in [0.717, 1.165) is 11.1 Å². The van der Waals surface area contributed by atoms with Crippen LogP contribution in [0.2, 0.25) is 0 Å². The maximum atomic E-state index is 12.6. The molecule has 0 fully saturated rings. The maximum absolute atomic E-state index is 12.6. The van der Waals surface area contributed by atoms with Gasteiger partial charge in [0.1, 0.15) is 13.2 Å². The van der Waals surface area contributed by atoms with Crippen molar-refractivity contribution in [2.45, 2.75) is 13.5 Å². The monoisotopic (exact) mass is 395 g/mol. The summed E-state index contributed by atoms with van der Waals surface area (Å²) in [6.45, 7) is 3.43. The number of hydrogen-bond donors (Lipinski definition) is 1. The molecule has 0 atom stereocenters. The Morgan fingerprint density at radius 2 is 1.93 bits per heavy atom. The quantitative estimate of drug-likeness (QED) is 0.645. The molecule has 1 aliphatic rings.